The predicted octanol–water partition coefficient (Wildman–Crippen LogP) is 0.110. The summed E-state index contributed by atoms with van der Waals surface area (Å²) < 4.78 is 0. The summed E-state index contributed by atoms with van der Waals surface area (Å²) in [5.74, 6) is -1.25. The van der Waals surface area contributed by atoms with E-state index in [0.717, 1.165) is 6.08 Å². The first-order valence-corrected chi connectivity index (χ1v) is 2.28. The lowest BCUT2D eigenvalue weighted by molar-refractivity contribution is -0.138. The summed E-state index contributed by atoms with van der Waals surface area (Å²) in [5.41, 5.74) is 4.96. The van der Waals surface area contributed by atoms with Crippen LogP contribution in [0.4, 0.5) is 0 Å². The van der Waals surface area contributed by atoms with Gasteiger partial charge in [-0.25, -0.2) is 4.79 Å². The number of nitrogens with two attached hydrogens (primary N) is 1. The average molecular weight is 132 g/mol. The van der Waals surface area contributed by atoms with Gasteiger partial charge in [0, 0.05) is 0 Å². The van der Waals surface area contributed by atoms with Crippen molar-refractivity contribution >= 4 is 18.6 Å². The van der Waals surface area contributed by atoms with Gasteiger partial charge >= 0.3 is 5.97 Å². The fourth-order valence-corrected chi connectivity index (χ4v) is 0.0873. The lowest BCUT2D eigenvalue weighted by atomic mass is 10.3. The second-order valence-electron chi connectivity index (χ2n) is 1.30. The van der Waals surface area contributed by atoms with Gasteiger partial charge in [0.1, 0.15) is 0 Å². The Bertz CT molecular complexity index is 121. The van der Waals surface area contributed by atoms with Crippen LogP contribution < -0.4 is 5.73 Å². The van der Waals surface area contributed by atoms with Gasteiger partial charge in [-0.3, -0.25) is 0 Å². The molecule has 0 aliphatic heterocycles. The van der Waals surface area contributed by atoms with Gasteiger partial charge in [0.05, 0.1) is 0 Å². The standard InChI is InChI=1S/C4H6NO2S/c1-2-4(5,8)3(6)7/h2H,1,5H2,(H,6,7). The minimum absolute atomic E-state index is 1.00. The van der Waals surface area contributed by atoms with Crippen molar-refractivity contribution in [1.29, 1.82) is 0 Å². The number of rotatable bonds is 2. The van der Waals surface area contributed by atoms with Crippen LogP contribution in [0.1, 0.15) is 0 Å². The van der Waals surface area contributed by atoms with E-state index < -0.39 is 10.8 Å². The molecule has 0 heterocycles. The summed E-state index contributed by atoms with van der Waals surface area (Å²) in [6.07, 6.45) is 1.00. The van der Waals surface area contributed by atoms with Crippen LogP contribution in [0, 0.1) is 0 Å². The van der Waals surface area contributed by atoms with Gasteiger partial charge in [0.25, 0.3) is 0 Å². The molecule has 1 atom stereocenters. The molecule has 1 radical (unpaired) electrons. The SMILES string of the molecule is C=CC(N)([S])C(=O)O. The number of carboxylic acid groups (broad SMARTS) is 1. The van der Waals surface area contributed by atoms with Crippen molar-refractivity contribution < 1.29 is 9.90 Å². The van der Waals surface area contributed by atoms with Crippen molar-refractivity contribution in [3.05, 3.63) is 12.7 Å². The third kappa shape index (κ3) is 1.55. The van der Waals surface area contributed by atoms with E-state index in [1.54, 1.807) is 0 Å². The van der Waals surface area contributed by atoms with Crippen LogP contribution in [0.3, 0.4) is 0 Å². The van der Waals surface area contributed by atoms with Gasteiger partial charge in [-0.1, -0.05) is 19.2 Å². The fourth-order valence-electron chi connectivity index (χ4n) is 0.0873. The molecule has 0 fully saturated rings. The summed E-state index contributed by atoms with van der Waals surface area (Å²) in [6, 6.07) is 0. The summed E-state index contributed by atoms with van der Waals surface area (Å²) >= 11 is 4.33. The molecule has 0 saturated heterocycles. The van der Waals surface area contributed by atoms with E-state index in [2.05, 4.69) is 19.2 Å². The van der Waals surface area contributed by atoms with Crippen LogP contribution in [-0.2, 0) is 4.79 Å². The molecule has 1 unspecified atom stereocenters. The molecule has 0 aromatic carbocycles. The summed E-state index contributed by atoms with van der Waals surface area (Å²) in [7, 11) is 0. The van der Waals surface area contributed by atoms with Gasteiger partial charge < -0.3 is 10.8 Å². The Kier molecular flexibility index (Phi) is 2.06. The molecule has 45 valence electrons. The molecule has 0 aliphatic carbocycles. The second-order valence-corrected chi connectivity index (χ2v) is 1.98. The maximum atomic E-state index is 9.95. The highest BCUT2D eigenvalue weighted by atomic mass is 32.1. The highest BCUT2D eigenvalue weighted by Gasteiger charge is 2.25. The Morgan fingerprint density at radius 2 is 2.38 bits per heavy atom. The quantitative estimate of drug-likeness (QED) is 0.524. The molecule has 0 aromatic heterocycles. The first kappa shape index (κ1) is 7.52. The Morgan fingerprint density at radius 1 is 2.00 bits per heavy atom. The van der Waals surface area contributed by atoms with Crippen molar-refractivity contribution in [1.82, 2.24) is 0 Å². The lowest BCUT2D eigenvalue weighted by Gasteiger charge is -2.08. The highest BCUT2D eigenvalue weighted by molar-refractivity contribution is 7.82. The maximum Gasteiger partial charge on any atom is 0.339 e. The van der Waals surface area contributed by atoms with Crippen molar-refractivity contribution in [2.75, 3.05) is 0 Å². The molecule has 0 aliphatic rings. The van der Waals surface area contributed by atoms with Crippen LogP contribution >= 0.6 is 12.6 Å². The molecular formula is C4H6NO2S. The molecule has 3 nitrogen and oxygen atoms in total. The Balaban J connectivity index is 4.12. The van der Waals surface area contributed by atoms with E-state index in [1.807, 2.05) is 0 Å². The molecule has 4 heteroatoms. The highest BCUT2D eigenvalue weighted by Crippen LogP contribution is 2.05. The first-order valence-electron chi connectivity index (χ1n) is 1.87. The van der Waals surface area contributed by atoms with Crippen LogP contribution in [0.5, 0.6) is 0 Å². The molecule has 0 spiro atoms. The molecule has 0 aromatic rings. The van der Waals surface area contributed by atoms with Crippen molar-refractivity contribution in [3.8, 4) is 0 Å². The predicted molar refractivity (Wildman–Crippen MR) is 32.3 cm³/mol. The first-order chi connectivity index (χ1) is 3.50. The van der Waals surface area contributed by atoms with E-state index in [1.165, 1.54) is 0 Å². The smallest absolute Gasteiger partial charge is 0.339 e. The fraction of sp³-hybridized carbons (Fsp3) is 0.250. The topological polar surface area (TPSA) is 63.3 Å². The molecule has 0 bridgehead atoms. The van der Waals surface area contributed by atoms with Gasteiger partial charge in [0.15, 0.2) is 4.87 Å². The summed E-state index contributed by atoms with van der Waals surface area (Å²) in [4.78, 5) is 8.26. The van der Waals surface area contributed by atoms with E-state index in [4.69, 9.17) is 10.8 Å². The van der Waals surface area contributed by atoms with E-state index >= 15 is 0 Å². The Hall–Kier alpha value is -0.480. The van der Waals surface area contributed by atoms with Crippen molar-refractivity contribution in [2.24, 2.45) is 5.73 Å². The molecule has 0 amide bonds. The van der Waals surface area contributed by atoms with Gasteiger partial charge in [0.2, 0.25) is 0 Å². The van der Waals surface area contributed by atoms with Crippen molar-refractivity contribution in [3.63, 3.8) is 0 Å². The van der Waals surface area contributed by atoms with Crippen LogP contribution in [0.25, 0.3) is 0 Å². The normalized spacial score (nSPS) is 16.8. The molecule has 0 rings (SSSR count). The minimum atomic E-state index is -1.69. The number of carbonyl (C=O) groups is 1. The summed E-state index contributed by atoms with van der Waals surface area (Å²) in [5, 5.41) is 8.14. The van der Waals surface area contributed by atoms with E-state index in [9.17, 15) is 4.79 Å². The van der Waals surface area contributed by atoms with Crippen LogP contribution in [0.15, 0.2) is 12.7 Å². The number of hydrogen-bond donors (Lipinski definition) is 2. The zero-order chi connectivity index (χ0) is 6.78. The van der Waals surface area contributed by atoms with Crippen LogP contribution in [-0.4, -0.2) is 15.9 Å². The van der Waals surface area contributed by atoms with Gasteiger partial charge in [-0.2, -0.15) is 0 Å². The molecule has 3 N–H and O–H groups in total. The molecular weight excluding hydrogens is 126 g/mol. The molecule has 0 saturated carbocycles. The minimum Gasteiger partial charge on any atom is -0.479 e. The second kappa shape index (κ2) is 2.19. The van der Waals surface area contributed by atoms with E-state index in [-0.39, 0.29) is 0 Å². The number of carboxylic acids is 1. The zero-order valence-corrected chi connectivity index (χ0v) is 4.94. The van der Waals surface area contributed by atoms with Gasteiger partial charge in [-0.15, -0.1) is 0 Å². The van der Waals surface area contributed by atoms with E-state index in [0.29, 0.717) is 0 Å². The monoisotopic (exact) mass is 132 g/mol. The summed E-state index contributed by atoms with van der Waals surface area (Å²) in [6.45, 7) is 3.14. The third-order valence-electron chi connectivity index (χ3n) is 0.638. The van der Waals surface area contributed by atoms with Crippen LogP contribution in [0.2, 0.25) is 0 Å². The third-order valence-corrected chi connectivity index (χ3v) is 0.979. The number of aliphatic carboxylic acids is 1. The Labute approximate surface area is 52.6 Å². The zero-order valence-electron chi connectivity index (χ0n) is 4.13. The number of hydrogen-bond acceptors (Lipinski definition) is 2. The molecule has 8 heavy (non-hydrogen) atoms. The maximum absolute atomic E-state index is 9.95. The lowest BCUT2D eigenvalue weighted by Crippen LogP contribution is -2.39. The van der Waals surface area contributed by atoms with Gasteiger partial charge in [-0.05, 0) is 6.08 Å². The van der Waals surface area contributed by atoms with Crippen molar-refractivity contribution in [2.45, 2.75) is 4.87 Å². The average Bonchev–Trinajstić information content (AvgIpc) is 1.67. The largest absolute Gasteiger partial charge is 0.479 e. The Morgan fingerprint density at radius 3 is 2.38 bits per heavy atom.